The second-order valence-electron chi connectivity index (χ2n) is 3.62. The van der Waals surface area contributed by atoms with Crippen molar-refractivity contribution in [1.29, 1.82) is 0 Å². The number of nitrogens with two attached hydrogens (primary N) is 1. The van der Waals surface area contributed by atoms with E-state index in [4.69, 9.17) is 15.2 Å². The Hall–Kier alpha value is -0.120. The molecule has 0 radical (unpaired) electrons. The van der Waals surface area contributed by atoms with Crippen molar-refractivity contribution in [3.05, 3.63) is 0 Å². The monoisotopic (exact) mass is 203 g/mol. The zero-order chi connectivity index (χ0) is 11.0. The summed E-state index contributed by atoms with van der Waals surface area (Å²) in [5, 5.41) is 0. The Labute approximate surface area is 88.0 Å². The maximum absolute atomic E-state index is 6.07. The van der Waals surface area contributed by atoms with Gasteiger partial charge < -0.3 is 15.2 Å². The van der Waals surface area contributed by atoms with Crippen LogP contribution < -0.4 is 5.73 Å². The third-order valence-electron chi connectivity index (χ3n) is 2.38. The van der Waals surface area contributed by atoms with Gasteiger partial charge in [-0.1, -0.05) is 20.3 Å². The molecule has 0 aliphatic heterocycles. The minimum Gasteiger partial charge on any atom is -0.351 e. The van der Waals surface area contributed by atoms with Crippen molar-refractivity contribution >= 4 is 0 Å². The normalized spacial score (nSPS) is 15.9. The predicted molar refractivity (Wildman–Crippen MR) is 59.1 cm³/mol. The molecule has 0 saturated heterocycles. The molecule has 0 heterocycles. The molecule has 0 aliphatic carbocycles. The van der Waals surface area contributed by atoms with Crippen molar-refractivity contribution in [3.8, 4) is 0 Å². The molecule has 2 atom stereocenters. The molecule has 0 saturated carbocycles. The highest BCUT2D eigenvalue weighted by Gasteiger charge is 2.23. The van der Waals surface area contributed by atoms with Crippen molar-refractivity contribution in [1.82, 2.24) is 0 Å². The lowest BCUT2D eigenvalue weighted by molar-refractivity contribution is -0.155. The summed E-state index contributed by atoms with van der Waals surface area (Å²) in [6.45, 7) is 9.54. The van der Waals surface area contributed by atoms with Crippen LogP contribution in [0.25, 0.3) is 0 Å². The fraction of sp³-hybridized carbons (Fsp3) is 1.00. The molecule has 3 nitrogen and oxygen atoms in total. The van der Waals surface area contributed by atoms with Gasteiger partial charge in [0.05, 0.1) is 6.04 Å². The molecule has 0 fully saturated rings. The van der Waals surface area contributed by atoms with Crippen molar-refractivity contribution in [2.24, 2.45) is 11.7 Å². The van der Waals surface area contributed by atoms with E-state index in [0.29, 0.717) is 19.1 Å². The lowest BCUT2D eigenvalue weighted by Gasteiger charge is -2.28. The predicted octanol–water partition coefficient (Wildman–Crippen LogP) is 2.15. The van der Waals surface area contributed by atoms with Gasteiger partial charge in [-0.15, -0.1) is 0 Å². The number of hydrogen-bond donors (Lipinski definition) is 1. The molecule has 0 bridgehead atoms. The fourth-order valence-electron chi connectivity index (χ4n) is 1.51. The Morgan fingerprint density at radius 3 is 1.93 bits per heavy atom. The summed E-state index contributed by atoms with van der Waals surface area (Å²) >= 11 is 0. The van der Waals surface area contributed by atoms with Crippen LogP contribution in [-0.4, -0.2) is 25.5 Å². The Kier molecular flexibility index (Phi) is 8.14. The van der Waals surface area contributed by atoms with Crippen LogP contribution in [-0.2, 0) is 9.47 Å². The molecule has 3 heteroatoms. The second kappa shape index (κ2) is 8.21. The summed E-state index contributed by atoms with van der Waals surface area (Å²) in [4.78, 5) is 0. The molecule has 0 aliphatic rings. The summed E-state index contributed by atoms with van der Waals surface area (Å²) < 4.78 is 10.9. The van der Waals surface area contributed by atoms with Gasteiger partial charge in [0.2, 0.25) is 0 Å². The SMILES string of the molecule is CCCC(C)C(N)C(OCC)OCC. The largest absolute Gasteiger partial charge is 0.351 e. The Morgan fingerprint density at radius 2 is 1.57 bits per heavy atom. The van der Waals surface area contributed by atoms with E-state index in [1.807, 2.05) is 13.8 Å². The highest BCUT2D eigenvalue weighted by atomic mass is 16.7. The molecule has 0 amide bonds. The molecule has 86 valence electrons. The average Bonchev–Trinajstić information content (AvgIpc) is 2.17. The van der Waals surface area contributed by atoms with Gasteiger partial charge >= 0.3 is 0 Å². The molecule has 2 N–H and O–H groups in total. The molecule has 0 aromatic carbocycles. The van der Waals surface area contributed by atoms with Gasteiger partial charge in [-0.2, -0.15) is 0 Å². The first kappa shape index (κ1) is 13.9. The molecule has 0 spiro atoms. The van der Waals surface area contributed by atoms with Gasteiger partial charge in [-0.05, 0) is 26.2 Å². The van der Waals surface area contributed by atoms with Crippen molar-refractivity contribution < 1.29 is 9.47 Å². The number of hydrogen-bond acceptors (Lipinski definition) is 3. The van der Waals surface area contributed by atoms with Crippen LogP contribution >= 0.6 is 0 Å². The first-order chi connectivity index (χ1) is 6.67. The van der Waals surface area contributed by atoms with E-state index >= 15 is 0 Å². The maximum atomic E-state index is 6.07. The molecule has 14 heavy (non-hydrogen) atoms. The van der Waals surface area contributed by atoms with Crippen molar-refractivity contribution in [2.75, 3.05) is 13.2 Å². The van der Waals surface area contributed by atoms with Crippen LogP contribution in [0.3, 0.4) is 0 Å². The van der Waals surface area contributed by atoms with Crippen LogP contribution in [0.1, 0.15) is 40.5 Å². The van der Waals surface area contributed by atoms with E-state index in [9.17, 15) is 0 Å². The maximum Gasteiger partial charge on any atom is 0.172 e. The Bertz CT molecular complexity index is 124. The topological polar surface area (TPSA) is 44.5 Å². The highest BCUT2D eigenvalue weighted by Crippen LogP contribution is 2.14. The summed E-state index contributed by atoms with van der Waals surface area (Å²) in [6.07, 6.45) is 2.03. The van der Waals surface area contributed by atoms with Gasteiger partial charge in [0.1, 0.15) is 0 Å². The Balaban J connectivity index is 4.03. The van der Waals surface area contributed by atoms with Gasteiger partial charge in [0.25, 0.3) is 0 Å². The lowest BCUT2D eigenvalue weighted by atomic mass is 9.97. The molecule has 0 rings (SSSR count). The quantitative estimate of drug-likeness (QED) is 0.615. The molecular weight excluding hydrogens is 178 g/mol. The summed E-state index contributed by atoms with van der Waals surface area (Å²) in [5.74, 6) is 0.447. The van der Waals surface area contributed by atoms with Gasteiger partial charge in [0.15, 0.2) is 6.29 Å². The van der Waals surface area contributed by atoms with E-state index in [-0.39, 0.29) is 12.3 Å². The molecular formula is C11H25NO2. The van der Waals surface area contributed by atoms with Crippen molar-refractivity contribution in [2.45, 2.75) is 52.9 Å². The standard InChI is InChI=1S/C11H25NO2/c1-5-8-9(4)10(12)11(13-6-2)14-7-3/h9-11H,5-8,12H2,1-4H3. The molecule has 2 unspecified atom stereocenters. The van der Waals surface area contributed by atoms with Gasteiger partial charge in [-0.25, -0.2) is 0 Å². The number of rotatable bonds is 8. The molecule has 0 aromatic rings. The van der Waals surface area contributed by atoms with E-state index in [2.05, 4.69) is 13.8 Å². The van der Waals surface area contributed by atoms with Crippen LogP contribution in [0, 0.1) is 5.92 Å². The van der Waals surface area contributed by atoms with Crippen LogP contribution in [0.15, 0.2) is 0 Å². The van der Waals surface area contributed by atoms with Crippen molar-refractivity contribution in [3.63, 3.8) is 0 Å². The third kappa shape index (κ3) is 4.94. The minimum atomic E-state index is -0.244. The first-order valence-corrected chi connectivity index (χ1v) is 5.66. The summed E-state index contributed by atoms with van der Waals surface area (Å²) in [5.41, 5.74) is 6.07. The third-order valence-corrected chi connectivity index (χ3v) is 2.38. The summed E-state index contributed by atoms with van der Waals surface area (Å²) in [7, 11) is 0. The van der Waals surface area contributed by atoms with Gasteiger partial charge in [0, 0.05) is 13.2 Å². The highest BCUT2D eigenvalue weighted by molar-refractivity contribution is 4.72. The average molecular weight is 203 g/mol. The van der Waals surface area contributed by atoms with E-state index in [1.165, 1.54) is 0 Å². The van der Waals surface area contributed by atoms with Crippen LogP contribution in [0.2, 0.25) is 0 Å². The van der Waals surface area contributed by atoms with Gasteiger partial charge in [-0.3, -0.25) is 0 Å². The minimum absolute atomic E-state index is 0.0187. The molecule has 0 aromatic heterocycles. The second-order valence-corrected chi connectivity index (χ2v) is 3.62. The first-order valence-electron chi connectivity index (χ1n) is 5.66. The summed E-state index contributed by atoms with van der Waals surface area (Å²) in [6, 6.07) is -0.0187. The zero-order valence-corrected chi connectivity index (χ0v) is 9.95. The fourth-order valence-corrected chi connectivity index (χ4v) is 1.51. The lowest BCUT2D eigenvalue weighted by Crippen LogP contribution is -2.43. The smallest absolute Gasteiger partial charge is 0.172 e. The van der Waals surface area contributed by atoms with E-state index in [1.54, 1.807) is 0 Å². The number of ether oxygens (including phenoxy) is 2. The van der Waals surface area contributed by atoms with Crippen LogP contribution in [0.5, 0.6) is 0 Å². The van der Waals surface area contributed by atoms with E-state index in [0.717, 1.165) is 12.8 Å². The Morgan fingerprint density at radius 1 is 1.07 bits per heavy atom. The van der Waals surface area contributed by atoms with E-state index < -0.39 is 0 Å². The van der Waals surface area contributed by atoms with Crippen LogP contribution in [0.4, 0.5) is 0 Å². The zero-order valence-electron chi connectivity index (χ0n) is 9.95.